The second kappa shape index (κ2) is 8.11. The van der Waals surface area contributed by atoms with Crippen LogP contribution >= 0.6 is 0 Å². The third-order valence-corrected chi connectivity index (χ3v) is 2.44. The van der Waals surface area contributed by atoms with Crippen LogP contribution in [-0.2, 0) is 0 Å². The van der Waals surface area contributed by atoms with Crippen molar-refractivity contribution in [1.29, 1.82) is 0 Å². The third-order valence-electron chi connectivity index (χ3n) is 2.44. The maximum atomic E-state index is 3.36. The van der Waals surface area contributed by atoms with Gasteiger partial charge in [0.25, 0.3) is 0 Å². The predicted molar refractivity (Wildman–Crippen MR) is 59.5 cm³/mol. The highest BCUT2D eigenvalue weighted by atomic mass is 15.1. The zero-order chi connectivity index (χ0) is 10.1. The highest BCUT2D eigenvalue weighted by Crippen LogP contribution is 2.03. The fourth-order valence-corrected chi connectivity index (χ4v) is 0.945. The molecule has 0 aliphatic heterocycles. The molecule has 0 aliphatic carbocycles. The molecule has 2 heteroatoms. The van der Waals surface area contributed by atoms with Gasteiger partial charge < -0.3 is 10.6 Å². The summed E-state index contributed by atoms with van der Waals surface area (Å²) in [7, 11) is 0. The van der Waals surface area contributed by atoms with E-state index in [0.29, 0.717) is 0 Å². The first-order chi connectivity index (χ1) is 6.20. The molecule has 2 N–H and O–H groups in total. The van der Waals surface area contributed by atoms with Crippen LogP contribution in [0.4, 0.5) is 0 Å². The molecule has 2 nitrogen and oxygen atoms in total. The lowest BCUT2D eigenvalue weighted by atomic mass is 10.1. The predicted octanol–water partition coefficient (Wildman–Crippen LogP) is 2.48. The fourth-order valence-electron chi connectivity index (χ4n) is 0.945. The van der Waals surface area contributed by atoms with Crippen molar-refractivity contribution >= 4 is 0 Å². The third kappa shape index (κ3) is 7.85. The van der Waals surface area contributed by atoms with E-state index in [1.807, 2.05) is 6.92 Å². The molecule has 0 spiro atoms. The Morgan fingerprint density at radius 2 is 2.15 bits per heavy atom. The van der Waals surface area contributed by atoms with E-state index in [9.17, 15) is 0 Å². The van der Waals surface area contributed by atoms with Crippen LogP contribution in [0.15, 0.2) is 11.8 Å². The molecule has 78 valence electrons. The zero-order valence-corrected chi connectivity index (χ0v) is 9.48. The van der Waals surface area contributed by atoms with E-state index in [1.165, 1.54) is 18.5 Å². The Labute approximate surface area is 82.8 Å². The molecule has 13 heavy (non-hydrogen) atoms. The molecule has 0 aromatic carbocycles. The Morgan fingerprint density at radius 1 is 1.46 bits per heavy atom. The Hall–Kier alpha value is -0.500. The van der Waals surface area contributed by atoms with Crippen LogP contribution in [0, 0.1) is 5.92 Å². The van der Waals surface area contributed by atoms with E-state index in [-0.39, 0.29) is 0 Å². The van der Waals surface area contributed by atoms with Gasteiger partial charge in [-0.15, -0.1) is 0 Å². The minimum atomic E-state index is 0.843. The molecule has 1 unspecified atom stereocenters. The normalized spacial score (nSPS) is 14.3. The van der Waals surface area contributed by atoms with Gasteiger partial charge in [0, 0.05) is 5.70 Å². The van der Waals surface area contributed by atoms with Crippen molar-refractivity contribution in [3.8, 4) is 0 Å². The van der Waals surface area contributed by atoms with E-state index in [2.05, 4.69) is 37.5 Å². The summed E-state index contributed by atoms with van der Waals surface area (Å²) in [6, 6.07) is 0. The smallest absolute Gasteiger partial charge is 0.0650 e. The van der Waals surface area contributed by atoms with Crippen LogP contribution in [0.5, 0.6) is 0 Å². The Morgan fingerprint density at radius 3 is 2.69 bits per heavy atom. The number of hydrogen-bond acceptors (Lipinski definition) is 2. The van der Waals surface area contributed by atoms with Gasteiger partial charge >= 0.3 is 0 Å². The van der Waals surface area contributed by atoms with Crippen LogP contribution in [0.3, 0.4) is 0 Å². The molecule has 0 saturated carbocycles. The Kier molecular flexibility index (Phi) is 7.80. The van der Waals surface area contributed by atoms with Crippen LogP contribution in [0.1, 0.15) is 40.5 Å². The van der Waals surface area contributed by atoms with Gasteiger partial charge in [0.15, 0.2) is 0 Å². The first kappa shape index (κ1) is 12.5. The van der Waals surface area contributed by atoms with Gasteiger partial charge in [-0.2, -0.15) is 0 Å². The van der Waals surface area contributed by atoms with Crippen molar-refractivity contribution in [2.75, 3.05) is 13.2 Å². The summed E-state index contributed by atoms with van der Waals surface area (Å²) in [6.07, 6.45) is 4.63. The Bertz CT molecular complexity index is 141. The lowest BCUT2D eigenvalue weighted by molar-refractivity contribution is 0.482. The second-order valence-corrected chi connectivity index (χ2v) is 3.63. The van der Waals surface area contributed by atoms with E-state index >= 15 is 0 Å². The summed E-state index contributed by atoms with van der Waals surface area (Å²) < 4.78 is 0. The monoisotopic (exact) mass is 184 g/mol. The molecule has 0 heterocycles. The highest BCUT2D eigenvalue weighted by Gasteiger charge is 1.96. The zero-order valence-electron chi connectivity index (χ0n) is 9.48. The van der Waals surface area contributed by atoms with Crippen molar-refractivity contribution in [1.82, 2.24) is 10.6 Å². The number of allylic oxidation sites excluding steroid dienone is 2. The van der Waals surface area contributed by atoms with Gasteiger partial charge in [0.1, 0.15) is 0 Å². The van der Waals surface area contributed by atoms with Crippen LogP contribution in [-0.4, -0.2) is 13.2 Å². The quantitative estimate of drug-likeness (QED) is 0.469. The van der Waals surface area contributed by atoms with Gasteiger partial charge in [0.2, 0.25) is 0 Å². The number of nitrogens with one attached hydrogen (secondary N) is 2. The second-order valence-electron chi connectivity index (χ2n) is 3.63. The summed E-state index contributed by atoms with van der Waals surface area (Å²) in [5.74, 6) is 0.843. The summed E-state index contributed by atoms with van der Waals surface area (Å²) in [6.45, 7) is 10.7. The largest absolute Gasteiger partial charge is 0.376 e. The minimum absolute atomic E-state index is 0.843. The molecule has 0 saturated heterocycles. The highest BCUT2D eigenvalue weighted by molar-refractivity contribution is 4.91. The maximum Gasteiger partial charge on any atom is 0.0650 e. The lowest BCUT2D eigenvalue weighted by Crippen LogP contribution is -2.29. The molecule has 0 rings (SSSR count). The average molecular weight is 184 g/mol. The van der Waals surface area contributed by atoms with E-state index < -0.39 is 0 Å². The van der Waals surface area contributed by atoms with Gasteiger partial charge in [-0.3, -0.25) is 0 Å². The standard InChI is InChI=1S/C11H24N2/c1-5-10(3)7-8-12-9-13-11(4)6-2/h6,10,12-13H,5,7-9H2,1-4H3/b11-6+. The molecule has 0 radical (unpaired) electrons. The SMILES string of the molecule is C/C=C(\C)NCNCCC(C)CC. The van der Waals surface area contributed by atoms with E-state index in [1.54, 1.807) is 0 Å². The number of hydrogen-bond donors (Lipinski definition) is 2. The van der Waals surface area contributed by atoms with Crippen LogP contribution in [0.25, 0.3) is 0 Å². The molecule has 0 bridgehead atoms. The number of rotatable bonds is 7. The van der Waals surface area contributed by atoms with Crippen molar-refractivity contribution < 1.29 is 0 Å². The van der Waals surface area contributed by atoms with Crippen molar-refractivity contribution in [3.05, 3.63) is 11.8 Å². The summed E-state index contributed by atoms with van der Waals surface area (Å²) in [5.41, 5.74) is 1.23. The summed E-state index contributed by atoms with van der Waals surface area (Å²) in [5, 5.41) is 6.64. The first-order valence-corrected chi connectivity index (χ1v) is 5.28. The molecule has 1 atom stereocenters. The maximum absolute atomic E-state index is 3.36. The topological polar surface area (TPSA) is 24.1 Å². The summed E-state index contributed by atoms with van der Waals surface area (Å²) in [4.78, 5) is 0. The van der Waals surface area contributed by atoms with Crippen LogP contribution < -0.4 is 10.6 Å². The average Bonchev–Trinajstić information content (AvgIpc) is 2.16. The molecule has 0 amide bonds. The van der Waals surface area contributed by atoms with Crippen LogP contribution in [0.2, 0.25) is 0 Å². The van der Waals surface area contributed by atoms with Gasteiger partial charge in [-0.1, -0.05) is 26.3 Å². The van der Waals surface area contributed by atoms with Gasteiger partial charge in [-0.25, -0.2) is 0 Å². The fraction of sp³-hybridized carbons (Fsp3) is 0.818. The van der Waals surface area contributed by atoms with Crippen molar-refractivity contribution in [2.24, 2.45) is 5.92 Å². The minimum Gasteiger partial charge on any atom is -0.376 e. The molecule has 0 aromatic rings. The Balaban J connectivity index is 3.17. The molecular weight excluding hydrogens is 160 g/mol. The molecule has 0 fully saturated rings. The molecule has 0 aromatic heterocycles. The van der Waals surface area contributed by atoms with Gasteiger partial charge in [-0.05, 0) is 32.7 Å². The van der Waals surface area contributed by atoms with E-state index in [0.717, 1.165) is 19.1 Å². The van der Waals surface area contributed by atoms with Gasteiger partial charge in [0.05, 0.1) is 6.67 Å². The van der Waals surface area contributed by atoms with Crippen molar-refractivity contribution in [2.45, 2.75) is 40.5 Å². The lowest BCUT2D eigenvalue weighted by Gasteiger charge is -2.10. The van der Waals surface area contributed by atoms with E-state index in [4.69, 9.17) is 0 Å². The first-order valence-electron chi connectivity index (χ1n) is 5.28. The molecule has 0 aliphatic rings. The van der Waals surface area contributed by atoms with Crippen molar-refractivity contribution in [3.63, 3.8) is 0 Å². The molecular formula is C11H24N2. The summed E-state index contributed by atoms with van der Waals surface area (Å²) >= 11 is 0.